The van der Waals surface area contributed by atoms with Crippen LogP contribution in [0.2, 0.25) is 0 Å². The molecule has 0 aliphatic carbocycles. The first-order valence-electron chi connectivity index (χ1n) is 5.72. The summed E-state index contributed by atoms with van der Waals surface area (Å²) < 4.78 is 25.9. The maximum Gasteiger partial charge on any atom is 0.159 e. The van der Waals surface area contributed by atoms with E-state index in [2.05, 4.69) is 15.0 Å². The molecule has 3 rings (SSSR count). The number of aromatic nitrogens is 3. The van der Waals surface area contributed by atoms with Crippen LogP contribution < -0.4 is 0 Å². The van der Waals surface area contributed by atoms with Gasteiger partial charge in [0.05, 0.1) is 5.52 Å². The third-order valence-electron chi connectivity index (χ3n) is 2.78. The van der Waals surface area contributed by atoms with Gasteiger partial charge in [0.25, 0.3) is 0 Å². The van der Waals surface area contributed by atoms with E-state index >= 15 is 0 Å². The largest absolute Gasteiger partial charge is 0.264 e. The lowest BCUT2D eigenvalue weighted by atomic mass is 10.1. The quantitative estimate of drug-likeness (QED) is 0.708. The van der Waals surface area contributed by atoms with Crippen LogP contribution >= 0.6 is 0 Å². The van der Waals surface area contributed by atoms with Gasteiger partial charge >= 0.3 is 0 Å². The van der Waals surface area contributed by atoms with Crippen molar-refractivity contribution in [3.8, 4) is 0 Å². The van der Waals surface area contributed by atoms with E-state index in [9.17, 15) is 8.78 Å². The average Bonchev–Trinajstić information content (AvgIpc) is 2.43. The van der Waals surface area contributed by atoms with Gasteiger partial charge in [-0.3, -0.25) is 4.98 Å². The van der Waals surface area contributed by atoms with E-state index in [0.717, 1.165) is 23.0 Å². The lowest BCUT2D eigenvalue weighted by Gasteiger charge is -2.03. The zero-order valence-corrected chi connectivity index (χ0v) is 9.85. The minimum atomic E-state index is -0.859. The summed E-state index contributed by atoms with van der Waals surface area (Å²) in [5, 5.41) is 0.844. The van der Waals surface area contributed by atoms with Gasteiger partial charge in [-0.2, -0.15) is 0 Å². The van der Waals surface area contributed by atoms with Crippen molar-refractivity contribution in [2.45, 2.75) is 6.42 Å². The van der Waals surface area contributed by atoms with Crippen LogP contribution in [-0.2, 0) is 6.42 Å². The molecule has 5 heteroatoms. The molecule has 0 amide bonds. The summed E-state index contributed by atoms with van der Waals surface area (Å²) >= 11 is 0. The Bertz CT molecular complexity index is 744. The Kier molecular flexibility index (Phi) is 2.87. The second-order valence-electron chi connectivity index (χ2n) is 4.15. The molecule has 0 aliphatic heterocycles. The molecule has 0 spiro atoms. The molecule has 0 atom stereocenters. The van der Waals surface area contributed by atoms with Gasteiger partial charge in [-0.1, -0.05) is 6.07 Å². The van der Waals surface area contributed by atoms with Crippen LogP contribution in [0.4, 0.5) is 8.78 Å². The van der Waals surface area contributed by atoms with Crippen LogP contribution in [0.5, 0.6) is 0 Å². The summed E-state index contributed by atoms with van der Waals surface area (Å²) in [6, 6.07) is 5.58. The van der Waals surface area contributed by atoms with Crippen molar-refractivity contribution in [2.75, 3.05) is 0 Å². The molecule has 0 fully saturated rings. The predicted molar refractivity (Wildman–Crippen MR) is 66.5 cm³/mol. The highest BCUT2D eigenvalue weighted by Gasteiger charge is 2.05. The molecule has 0 saturated carbocycles. The number of benzene rings is 1. The second kappa shape index (κ2) is 4.68. The fourth-order valence-electron chi connectivity index (χ4n) is 1.83. The summed E-state index contributed by atoms with van der Waals surface area (Å²) in [4.78, 5) is 12.5. The third-order valence-corrected chi connectivity index (χ3v) is 2.78. The van der Waals surface area contributed by atoms with E-state index in [1.54, 1.807) is 24.7 Å². The normalized spacial score (nSPS) is 10.8. The fourth-order valence-corrected chi connectivity index (χ4v) is 1.83. The van der Waals surface area contributed by atoms with Crippen LogP contribution in [0.1, 0.15) is 11.4 Å². The van der Waals surface area contributed by atoms with E-state index < -0.39 is 11.6 Å². The fraction of sp³-hybridized carbons (Fsp3) is 0.0714. The van der Waals surface area contributed by atoms with Gasteiger partial charge in [0.2, 0.25) is 0 Å². The monoisotopic (exact) mass is 257 g/mol. The van der Waals surface area contributed by atoms with Crippen LogP contribution in [0.25, 0.3) is 10.9 Å². The molecular formula is C14H9F2N3. The van der Waals surface area contributed by atoms with Gasteiger partial charge in [0.15, 0.2) is 11.6 Å². The molecule has 19 heavy (non-hydrogen) atoms. The molecule has 3 nitrogen and oxygen atoms in total. The predicted octanol–water partition coefficient (Wildman–Crippen LogP) is 2.89. The molecule has 0 N–H and O–H groups in total. The maximum atomic E-state index is 13.1. The Hall–Kier alpha value is -2.43. The second-order valence-corrected chi connectivity index (χ2v) is 4.15. The number of pyridine rings is 1. The van der Waals surface area contributed by atoms with Crippen molar-refractivity contribution in [3.05, 3.63) is 65.9 Å². The van der Waals surface area contributed by atoms with E-state index in [4.69, 9.17) is 0 Å². The Morgan fingerprint density at radius 3 is 2.74 bits per heavy atom. The Morgan fingerprint density at radius 1 is 1.00 bits per heavy atom. The number of halogens is 2. The molecule has 0 unspecified atom stereocenters. The number of fused-ring (bicyclic) bond motifs is 1. The summed E-state index contributed by atoms with van der Waals surface area (Å²) in [6.45, 7) is 0. The first-order chi connectivity index (χ1) is 9.22. The Morgan fingerprint density at radius 2 is 1.89 bits per heavy atom. The van der Waals surface area contributed by atoms with E-state index in [1.165, 1.54) is 6.07 Å². The zero-order chi connectivity index (χ0) is 13.2. The smallest absolute Gasteiger partial charge is 0.159 e. The molecule has 0 radical (unpaired) electrons. The molecular weight excluding hydrogens is 248 g/mol. The molecule has 2 aromatic heterocycles. The summed E-state index contributed by atoms with van der Waals surface area (Å²) in [5.74, 6) is -1.15. The van der Waals surface area contributed by atoms with Crippen LogP contribution in [-0.4, -0.2) is 15.0 Å². The van der Waals surface area contributed by atoms with E-state index in [-0.39, 0.29) is 0 Å². The zero-order valence-electron chi connectivity index (χ0n) is 9.85. The van der Waals surface area contributed by atoms with E-state index in [1.807, 2.05) is 0 Å². The standard InChI is InChI=1S/C14H9F2N3/c15-11-2-1-9(5-12(11)16)6-14-18-8-10-7-17-4-3-13(10)19-14/h1-5,7-8H,6H2. The lowest BCUT2D eigenvalue weighted by Crippen LogP contribution is -1.98. The Balaban J connectivity index is 1.94. The minimum Gasteiger partial charge on any atom is -0.264 e. The highest BCUT2D eigenvalue weighted by atomic mass is 19.2. The van der Waals surface area contributed by atoms with Crippen molar-refractivity contribution in [2.24, 2.45) is 0 Å². The maximum absolute atomic E-state index is 13.1. The Labute approximate surface area is 108 Å². The highest BCUT2D eigenvalue weighted by Crippen LogP contribution is 2.13. The van der Waals surface area contributed by atoms with Crippen LogP contribution in [0.3, 0.4) is 0 Å². The lowest BCUT2D eigenvalue weighted by molar-refractivity contribution is 0.507. The number of hydrogen-bond acceptors (Lipinski definition) is 3. The highest BCUT2D eigenvalue weighted by molar-refractivity contribution is 5.75. The van der Waals surface area contributed by atoms with Gasteiger partial charge in [-0.25, -0.2) is 18.7 Å². The van der Waals surface area contributed by atoms with Crippen molar-refractivity contribution in [1.82, 2.24) is 15.0 Å². The minimum absolute atomic E-state index is 0.357. The van der Waals surface area contributed by atoms with E-state index in [0.29, 0.717) is 17.8 Å². The molecule has 94 valence electrons. The molecule has 0 aliphatic rings. The topological polar surface area (TPSA) is 38.7 Å². The number of rotatable bonds is 2. The van der Waals surface area contributed by atoms with Gasteiger partial charge in [-0.05, 0) is 23.8 Å². The molecule has 2 heterocycles. The van der Waals surface area contributed by atoms with Crippen molar-refractivity contribution < 1.29 is 8.78 Å². The SMILES string of the molecule is Fc1ccc(Cc2ncc3cnccc3n2)cc1F. The van der Waals surface area contributed by atoms with Crippen LogP contribution in [0.15, 0.2) is 42.9 Å². The molecule has 1 aromatic carbocycles. The van der Waals surface area contributed by atoms with Crippen molar-refractivity contribution >= 4 is 10.9 Å². The first-order valence-corrected chi connectivity index (χ1v) is 5.72. The van der Waals surface area contributed by atoms with Crippen molar-refractivity contribution in [3.63, 3.8) is 0 Å². The van der Waals surface area contributed by atoms with Gasteiger partial charge in [0, 0.05) is 30.4 Å². The first kappa shape index (κ1) is 11.6. The molecule has 3 aromatic rings. The number of nitrogens with zero attached hydrogens (tertiary/aromatic N) is 3. The average molecular weight is 257 g/mol. The summed E-state index contributed by atoms with van der Waals surface area (Å²) in [6.07, 6.45) is 5.35. The van der Waals surface area contributed by atoms with Gasteiger partial charge in [0.1, 0.15) is 5.82 Å². The third kappa shape index (κ3) is 2.40. The van der Waals surface area contributed by atoms with Gasteiger partial charge in [-0.15, -0.1) is 0 Å². The van der Waals surface area contributed by atoms with Gasteiger partial charge < -0.3 is 0 Å². The van der Waals surface area contributed by atoms with Crippen LogP contribution in [0, 0.1) is 11.6 Å². The summed E-state index contributed by atoms with van der Waals surface area (Å²) in [5.41, 5.74) is 1.41. The molecule has 0 saturated heterocycles. The van der Waals surface area contributed by atoms with Crippen molar-refractivity contribution in [1.29, 1.82) is 0 Å². The summed E-state index contributed by atoms with van der Waals surface area (Å²) in [7, 11) is 0. The molecule has 0 bridgehead atoms. The number of hydrogen-bond donors (Lipinski definition) is 0.